The smallest absolute Gasteiger partial charge is 0.125 e. The lowest BCUT2D eigenvalue weighted by Crippen LogP contribution is -2.02. The Morgan fingerprint density at radius 3 is 2.80 bits per heavy atom. The fourth-order valence-electron chi connectivity index (χ4n) is 1.30. The number of unbranched alkanes of at least 4 members (excludes halogenated alkanes) is 1. The fourth-order valence-corrected chi connectivity index (χ4v) is 1.30. The summed E-state index contributed by atoms with van der Waals surface area (Å²) >= 11 is 0. The summed E-state index contributed by atoms with van der Waals surface area (Å²) in [6.45, 7) is 4.27. The minimum atomic E-state index is -0.711. The van der Waals surface area contributed by atoms with Crippen molar-refractivity contribution in [3.05, 3.63) is 29.6 Å². The van der Waals surface area contributed by atoms with Gasteiger partial charge in [-0.15, -0.1) is 0 Å². The number of aliphatic hydroxyl groups excluding tert-OH is 1. The van der Waals surface area contributed by atoms with E-state index in [-0.39, 0.29) is 5.82 Å². The molecule has 15 heavy (non-hydrogen) atoms. The molecule has 0 aromatic heterocycles. The highest BCUT2D eigenvalue weighted by molar-refractivity contribution is 5.35. The predicted octanol–water partition coefficient (Wildman–Crippen LogP) is 3.06. The van der Waals surface area contributed by atoms with Crippen LogP contribution in [0, 0.1) is 5.82 Å². The summed E-state index contributed by atoms with van der Waals surface area (Å²) in [4.78, 5) is 0. The van der Waals surface area contributed by atoms with Crippen LogP contribution in [0.3, 0.4) is 0 Å². The molecule has 0 radical (unpaired) electrons. The Morgan fingerprint density at radius 2 is 2.20 bits per heavy atom. The molecule has 1 aromatic rings. The van der Waals surface area contributed by atoms with Gasteiger partial charge >= 0.3 is 0 Å². The molecule has 0 heterocycles. The lowest BCUT2D eigenvalue weighted by atomic mass is 10.1. The Labute approximate surface area is 89.7 Å². The van der Waals surface area contributed by atoms with E-state index in [1.807, 2.05) is 0 Å². The van der Waals surface area contributed by atoms with Crippen LogP contribution >= 0.6 is 0 Å². The summed E-state index contributed by atoms with van der Waals surface area (Å²) in [5, 5.41) is 9.44. The lowest BCUT2D eigenvalue weighted by molar-refractivity contribution is 0.190. The Bertz CT molecular complexity index is 310. The maximum Gasteiger partial charge on any atom is 0.125 e. The van der Waals surface area contributed by atoms with Crippen molar-refractivity contribution in [2.24, 2.45) is 0 Å². The largest absolute Gasteiger partial charge is 0.493 e. The third kappa shape index (κ3) is 3.51. The highest BCUT2D eigenvalue weighted by atomic mass is 19.1. The third-order valence-electron chi connectivity index (χ3n) is 2.18. The Hall–Kier alpha value is -1.09. The molecule has 0 spiro atoms. The number of hydrogen-bond acceptors (Lipinski definition) is 2. The number of halogens is 1. The van der Waals surface area contributed by atoms with Crippen molar-refractivity contribution >= 4 is 0 Å². The molecule has 0 saturated carbocycles. The SMILES string of the molecule is CCCCOc1ccc(F)cc1C(C)O. The molecule has 3 heteroatoms. The summed E-state index contributed by atoms with van der Waals surface area (Å²) in [5.41, 5.74) is 0.506. The molecule has 1 N–H and O–H groups in total. The van der Waals surface area contributed by atoms with Crippen molar-refractivity contribution in [2.75, 3.05) is 6.61 Å². The zero-order valence-electron chi connectivity index (χ0n) is 9.16. The second-order valence-electron chi connectivity index (χ2n) is 3.56. The summed E-state index contributed by atoms with van der Waals surface area (Å²) < 4.78 is 18.4. The first kappa shape index (κ1) is 12.0. The highest BCUT2D eigenvalue weighted by Crippen LogP contribution is 2.26. The van der Waals surface area contributed by atoms with E-state index in [2.05, 4.69) is 6.92 Å². The number of rotatable bonds is 5. The minimum absolute atomic E-state index is 0.353. The van der Waals surface area contributed by atoms with Crippen LogP contribution in [0.25, 0.3) is 0 Å². The predicted molar refractivity (Wildman–Crippen MR) is 57.4 cm³/mol. The third-order valence-corrected chi connectivity index (χ3v) is 2.18. The van der Waals surface area contributed by atoms with Crippen LogP contribution in [-0.4, -0.2) is 11.7 Å². The first-order valence-electron chi connectivity index (χ1n) is 5.25. The van der Waals surface area contributed by atoms with Crippen molar-refractivity contribution in [3.8, 4) is 5.75 Å². The molecule has 2 nitrogen and oxygen atoms in total. The zero-order chi connectivity index (χ0) is 11.3. The van der Waals surface area contributed by atoms with Crippen LogP contribution in [0.2, 0.25) is 0 Å². The first-order chi connectivity index (χ1) is 7.15. The van der Waals surface area contributed by atoms with Crippen LogP contribution in [0.5, 0.6) is 5.75 Å². The monoisotopic (exact) mass is 212 g/mol. The van der Waals surface area contributed by atoms with E-state index < -0.39 is 6.10 Å². The minimum Gasteiger partial charge on any atom is -0.493 e. The van der Waals surface area contributed by atoms with Crippen molar-refractivity contribution in [3.63, 3.8) is 0 Å². The van der Waals surface area contributed by atoms with Gasteiger partial charge in [0.2, 0.25) is 0 Å². The van der Waals surface area contributed by atoms with E-state index >= 15 is 0 Å². The van der Waals surface area contributed by atoms with Crippen molar-refractivity contribution in [1.82, 2.24) is 0 Å². The maximum atomic E-state index is 12.9. The van der Waals surface area contributed by atoms with Gasteiger partial charge in [0.25, 0.3) is 0 Å². The first-order valence-corrected chi connectivity index (χ1v) is 5.25. The van der Waals surface area contributed by atoms with E-state index in [1.54, 1.807) is 13.0 Å². The van der Waals surface area contributed by atoms with Crippen LogP contribution in [-0.2, 0) is 0 Å². The van der Waals surface area contributed by atoms with Crippen molar-refractivity contribution in [2.45, 2.75) is 32.8 Å². The van der Waals surface area contributed by atoms with Crippen molar-refractivity contribution in [1.29, 1.82) is 0 Å². The summed E-state index contributed by atoms with van der Waals surface area (Å²) in [7, 11) is 0. The van der Waals surface area contributed by atoms with Crippen molar-refractivity contribution < 1.29 is 14.2 Å². The number of benzene rings is 1. The van der Waals surface area contributed by atoms with Gasteiger partial charge in [0.05, 0.1) is 12.7 Å². The van der Waals surface area contributed by atoms with E-state index in [0.29, 0.717) is 17.9 Å². The average Bonchev–Trinajstić information content (AvgIpc) is 2.20. The number of aliphatic hydroxyl groups is 1. The van der Waals surface area contributed by atoms with Gasteiger partial charge in [-0.3, -0.25) is 0 Å². The molecule has 1 rings (SSSR count). The van der Waals surface area contributed by atoms with Crippen LogP contribution < -0.4 is 4.74 Å². The highest BCUT2D eigenvalue weighted by Gasteiger charge is 2.10. The Morgan fingerprint density at radius 1 is 1.47 bits per heavy atom. The molecule has 0 aliphatic rings. The van der Waals surface area contributed by atoms with Crippen LogP contribution in [0.15, 0.2) is 18.2 Å². The van der Waals surface area contributed by atoms with E-state index in [0.717, 1.165) is 12.8 Å². The van der Waals surface area contributed by atoms with E-state index in [4.69, 9.17) is 4.74 Å². The lowest BCUT2D eigenvalue weighted by Gasteiger charge is -2.13. The van der Waals surface area contributed by atoms with Gasteiger partial charge in [-0.2, -0.15) is 0 Å². The normalized spacial score (nSPS) is 12.5. The molecule has 0 aliphatic carbocycles. The molecule has 1 aromatic carbocycles. The standard InChI is InChI=1S/C12H17FO2/c1-3-4-7-15-12-6-5-10(13)8-11(12)9(2)14/h5-6,8-9,14H,3-4,7H2,1-2H3. The molecule has 0 fully saturated rings. The molecule has 84 valence electrons. The average molecular weight is 212 g/mol. The van der Waals surface area contributed by atoms with Crippen LogP contribution in [0.1, 0.15) is 38.4 Å². The molecule has 1 atom stereocenters. The fraction of sp³-hybridized carbons (Fsp3) is 0.500. The molecule has 1 unspecified atom stereocenters. The van der Waals surface area contributed by atoms with Gasteiger partial charge in [-0.1, -0.05) is 13.3 Å². The topological polar surface area (TPSA) is 29.5 Å². The molecular weight excluding hydrogens is 195 g/mol. The van der Waals surface area contributed by atoms with Gasteiger partial charge in [0.1, 0.15) is 11.6 Å². The summed E-state index contributed by atoms with van der Waals surface area (Å²) in [6, 6.07) is 4.21. The molecule has 0 saturated heterocycles. The molecule has 0 amide bonds. The Balaban J connectivity index is 2.77. The van der Waals surface area contributed by atoms with E-state index in [1.165, 1.54) is 12.1 Å². The van der Waals surface area contributed by atoms with Crippen LogP contribution in [0.4, 0.5) is 4.39 Å². The van der Waals surface area contributed by atoms with Gasteiger partial charge in [-0.25, -0.2) is 4.39 Å². The van der Waals surface area contributed by atoms with Gasteiger partial charge in [0, 0.05) is 5.56 Å². The maximum absolute atomic E-state index is 12.9. The summed E-state index contributed by atoms with van der Waals surface area (Å²) in [6.07, 6.45) is 1.29. The van der Waals surface area contributed by atoms with Gasteiger partial charge in [0.15, 0.2) is 0 Å². The molecule has 0 aliphatic heterocycles. The summed E-state index contributed by atoms with van der Waals surface area (Å²) in [5.74, 6) is 0.216. The zero-order valence-corrected chi connectivity index (χ0v) is 9.16. The molecule has 0 bridgehead atoms. The quantitative estimate of drug-likeness (QED) is 0.760. The van der Waals surface area contributed by atoms with Gasteiger partial charge < -0.3 is 9.84 Å². The number of hydrogen-bond donors (Lipinski definition) is 1. The second kappa shape index (κ2) is 5.71. The second-order valence-corrected chi connectivity index (χ2v) is 3.56. The Kier molecular flexibility index (Phi) is 4.56. The van der Waals surface area contributed by atoms with E-state index in [9.17, 15) is 9.50 Å². The number of ether oxygens (including phenoxy) is 1. The molecular formula is C12H17FO2. The van der Waals surface area contributed by atoms with Gasteiger partial charge in [-0.05, 0) is 31.5 Å².